The zero-order chi connectivity index (χ0) is 43.7. The molecule has 0 spiro atoms. The number of benzene rings is 1. The molecule has 0 bridgehead atoms. The van der Waals surface area contributed by atoms with Crippen molar-refractivity contribution in [1.29, 1.82) is 0 Å². The molecule has 3 fully saturated rings. The average molecular weight is 826 g/mol. The maximum Gasteiger partial charge on any atom is 0.245 e. The second kappa shape index (κ2) is 21.0. The van der Waals surface area contributed by atoms with Crippen molar-refractivity contribution in [3.63, 3.8) is 0 Å². The van der Waals surface area contributed by atoms with Crippen molar-refractivity contribution in [1.82, 2.24) is 35.1 Å². The number of fused-ring (bicyclic) bond motifs is 1. The van der Waals surface area contributed by atoms with Gasteiger partial charge >= 0.3 is 0 Å². The number of ether oxygens (including phenoxy) is 1. The molecular weight excluding hydrogens is 759 g/mol. The van der Waals surface area contributed by atoms with Crippen molar-refractivity contribution in [3.05, 3.63) is 29.8 Å². The zero-order valence-electron chi connectivity index (χ0n) is 36.4. The molecule has 328 valence electrons. The molecular formula is C43H67N7O9. The van der Waals surface area contributed by atoms with E-state index in [0.717, 1.165) is 0 Å². The SMILES string of the molecule is CC(C)C[C@@H]1NC(=O)[C@H](Cc2ccc(O)cc2)N(C)C(=O)[C@H]2CCCN2C(=O)[C@H](CC(C)C)NC(=O)[C@H](CC(=O)N2CCOCC2)N(C)C(=O)[C@@H](CC(C)C)N(C)C1=O. The number of nitrogens with zero attached hydrogens (tertiary/aromatic N) is 5. The highest BCUT2D eigenvalue weighted by molar-refractivity contribution is 5.99. The fourth-order valence-corrected chi connectivity index (χ4v) is 8.23. The van der Waals surface area contributed by atoms with E-state index in [1.807, 2.05) is 41.5 Å². The third-order valence-corrected chi connectivity index (χ3v) is 11.6. The summed E-state index contributed by atoms with van der Waals surface area (Å²) in [7, 11) is 4.45. The van der Waals surface area contributed by atoms with E-state index in [-0.39, 0.29) is 68.1 Å². The normalized spacial score (nSPS) is 26.1. The van der Waals surface area contributed by atoms with Crippen LogP contribution in [-0.4, -0.2) is 161 Å². The van der Waals surface area contributed by atoms with Crippen molar-refractivity contribution in [2.24, 2.45) is 17.8 Å². The maximum atomic E-state index is 14.8. The summed E-state index contributed by atoms with van der Waals surface area (Å²) in [4.78, 5) is 108. The minimum absolute atomic E-state index is 0.0345. The molecule has 0 aliphatic carbocycles. The number of phenolic OH excluding ortho intramolecular Hbond substituents is 1. The van der Waals surface area contributed by atoms with Gasteiger partial charge in [0.25, 0.3) is 0 Å². The summed E-state index contributed by atoms with van der Waals surface area (Å²) >= 11 is 0. The van der Waals surface area contributed by atoms with Crippen LogP contribution in [0.15, 0.2) is 24.3 Å². The monoisotopic (exact) mass is 826 g/mol. The van der Waals surface area contributed by atoms with E-state index in [1.54, 1.807) is 17.0 Å². The van der Waals surface area contributed by atoms with E-state index < -0.39 is 71.7 Å². The fraction of sp³-hybridized carbons (Fsp3) is 0.698. The number of rotatable bonds is 10. The lowest BCUT2D eigenvalue weighted by Gasteiger charge is -2.39. The van der Waals surface area contributed by atoms with E-state index in [1.165, 1.54) is 52.9 Å². The van der Waals surface area contributed by atoms with Crippen molar-refractivity contribution in [3.8, 4) is 5.75 Å². The molecule has 3 aliphatic heterocycles. The number of carbonyl (C=O) groups is 7. The molecule has 16 heteroatoms. The Balaban J connectivity index is 1.86. The molecule has 1 aromatic carbocycles. The summed E-state index contributed by atoms with van der Waals surface area (Å²) in [5.74, 6) is -3.85. The lowest BCUT2D eigenvalue weighted by Crippen LogP contribution is -2.62. The molecule has 0 unspecified atom stereocenters. The van der Waals surface area contributed by atoms with Gasteiger partial charge in [-0.15, -0.1) is 0 Å². The molecule has 4 rings (SSSR count). The quantitative estimate of drug-likeness (QED) is 0.316. The number of amides is 7. The molecule has 0 radical (unpaired) electrons. The summed E-state index contributed by atoms with van der Waals surface area (Å²) in [5, 5.41) is 15.8. The first-order chi connectivity index (χ1) is 27.8. The minimum atomic E-state index is -1.34. The first-order valence-corrected chi connectivity index (χ1v) is 21.1. The van der Waals surface area contributed by atoms with Crippen LogP contribution in [-0.2, 0) is 44.7 Å². The van der Waals surface area contributed by atoms with Gasteiger partial charge in [0.05, 0.1) is 19.6 Å². The van der Waals surface area contributed by atoms with Crippen molar-refractivity contribution in [2.45, 2.75) is 123 Å². The Bertz CT molecular complexity index is 1660. The summed E-state index contributed by atoms with van der Waals surface area (Å²) in [6.07, 6.45) is 1.17. The van der Waals surface area contributed by atoms with Gasteiger partial charge in [-0.2, -0.15) is 0 Å². The molecule has 59 heavy (non-hydrogen) atoms. The molecule has 0 saturated carbocycles. The summed E-state index contributed by atoms with van der Waals surface area (Å²) in [5.41, 5.74) is 0.653. The molecule has 3 aliphatic rings. The average Bonchev–Trinajstić information content (AvgIpc) is 3.69. The van der Waals surface area contributed by atoms with Gasteiger partial charge in [0.15, 0.2) is 0 Å². The van der Waals surface area contributed by atoms with Crippen molar-refractivity contribution in [2.75, 3.05) is 54.0 Å². The van der Waals surface area contributed by atoms with Gasteiger partial charge < -0.3 is 45.0 Å². The van der Waals surface area contributed by atoms with Crippen molar-refractivity contribution < 1.29 is 43.4 Å². The third-order valence-electron chi connectivity index (χ3n) is 11.6. The highest BCUT2D eigenvalue weighted by atomic mass is 16.5. The van der Waals surface area contributed by atoms with Crippen LogP contribution >= 0.6 is 0 Å². The predicted molar refractivity (Wildman–Crippen MR) is 220 cm³/mol. The highest BCUT2D eigenvalue weighted by Crippen LogP contribution is 2.25. The Morgan fingerprint density at radius 3 is 1.75 bits per heavy atom. The number of phenols is 1. The van der Waals surface area contributed by atoms with E-state index in [9.17, 15) is 38.7 Å². The van der Waals surface area contributed by atoms with Crippen LogP contribution in [0.1, 0.15) is 85.6 Å². The van der Waals surface area contributed by atoms with Gasteiger partial charge in [0.2, 0.25) is 41.4 Å². The number of morpholine rings is 1. The van der Waals surface area contributed by atoms with Crippen LogP contribution in [0.4, 0.5) is 0 Å². The highest BCUT2D eigenvalue weighted by Gasteiger charge is 2.44. The van der Waals surface area contributed by atoms with E-state index in [0.29, 0.717) is 44.7 Å². The predicted octanol–water partition coefficient (Wildman–Crippen LogP) is 1.78. The second-order valence-electron chi connectivity index (χ2n) is 17.7. The summed E-state index contributed by atoms with van der Waals surface area (Å²) in [6, 6.07) is -0.372. The molecule has 0 aromatic heterocycles. The van der Waals surface area contributed by atoms with Crippen LogP contribution < -0.4 is 10.6 Å². The fourth-order valence-electron chi connectivity index (χ4n) is 8.23. The van der Waals surface area contributed by atoms with Crippen molar-refractivity contribution >= 4 is 41.4 Å². The Morgan fingerprint density at radius 2 is 1.19 bits per heavy atom. The smallest absolute Gasteiger partial charge is 0.245 e. The molecule has 3 N–H and O–H groups in total. The first-order valence-electron chi connectivity index (χ1n) is 21.1. The number of nitrogens with one attached hydrogen (secondary N) is 2. The number of aromatic hydroxyl groups is 1. The van der Waals surface area contributed by atoms with E-state index in [4.69, 9.17) is 4.74 Å². The molecule has 3 saturated heterocycles. The molecule has 1 aromatic rings. The Hall–Kier alpha value is -4.73. The number of hydrogen-bond acceptors (Lipinski definition) is 9. The van der Waals surface area contributed by atoms with Crippen LogP contribution in [0.5, 0.6) is 5.75 Å². The van der Waals surface area contributed by atoms with Gasteiger partial charge in [-0.1, -0.05) is 53.7 Å². The molecule has 3 heterocycles. The molecule has 6 atom stereocenters. The van der Waals surface area contributed by atoms with Gasteiger partial charge in [-0.3, -0.25) is 33.6 Å². The topological polar surface area (TPSA) is 189 Å². The number of carbonyl (C=O) groups excluding carboxylic acids is 7. The largest absolute Gasteiger partial charge is 0.508 e. The number of likely N-dealkylation sites (N-methyl/N-ethyl adjacent to an activating group) is 3. The van der Waals surface area contributed by atoms with E-state index >= 15 is 0 Å². The summed E-state index contributed by atoms with van der Waals surface area (Å²) in [6.45, 7) is 13.0. The Morgan fingerprint density at radius 1 is 0.678 bits per heavy atom. The van der Waals surface area contributed by atoms with Gasteiger partial charge in [-0.05, 0) is 67.6 Å². The Kier molecular flexibility index (Phi) is 16.7. The first kappa shape index (κ1) is 47.0. The van der Waals surface area contributed by atoms with Gasteiger partial charge in [-0.25, -0.2) is 0 Å². The standard InChI is InChI=1S/C43H67N7O9/c1-26(2)21-31-40(55)48(9)36(23-28(5)6)43(58)47(8)35(25-37(52)49-17-19-59-20-18-49)39(54)45-32(22-27(3)4)41(56)50-16-10-11-33(50)42(57)46(7)34(38(53)44-31)24-29-12-14-30(51)15-13-29/h12-15,26-28,31-36,51H,10-11,16-25H2,1-9H3,(H,44,53)(H,45,54)/t31-,32-,33+,34-,35-,36+/m0/s1. The van der Waals surface area contributed by atoms with Crippen LogP contribution in [0.3, 0.4) is 0 Å². The zero-order valence-corrected chi connectivity index (χ0v) is 36.4. The lowest BCUT2D eigenvalue weighted by atomic mass is 9.96. The Labute approximate surface area is 349 Å². The van der Waals surface area contributed by atoms with Gasteiger partial charge in [0.1, 0.15) is 42.0 Å². The minimum Gasteiger partial charge on any atom is -0.508 e. The molecule has 7 amide bonds. The third kappa shape index (κ3) is 12.2. The van der Waals surface area contributed by atoms with E-state index in [2.05, 4.69) is 10.6 Å². The lowest BCUT2D eigenvalue weighted by molar-refractivity contribution is -0.153. The van der Waals surface area contributed by atoms with Crippen LogP contribution in [0, 0.1) is 17.8 Å². The van der Waals surface area contributed by atoms with Gasteiger partial charge in [0, 0.05) is 47.2 Å². The van der Waals surface area contributed by atoms with Crippen LogP contribution in [0.25, 0.3) is 0 Å². The maximum absolute atomic E-state index is 14.8. The van der Waals surface area contributed by atoms with Crippen LogP contribution in [0.2, 0.25) is 0 Å². The molecule has 16 nitrogen and oxygen atoms in total. The second-order valence-corrected chi connectivity index (χ2v) is 17.7. The number of hydrogen-bond donors (Lipinski definition) is 3. The summed E-state index contributed by atoms with van der Waals surface area (Å²) < 4.78 is 5.43.